The van der Waals surface area contributed by atoms with Gasteiger partial charge in [-0.1, -0.05) is 12.1 Å². The first-order chi connectivity index (χ1) is 9.58. The quantitative estimate of drug-likeness (QED) is 0.877. The standard InChI is InChI=1S/C15H20N4O/c1-11(2)18-14-7-5-4-6-13(14)15(20)16-10-12-8-9-17-19(12)3/h4-9,11,18H,10H2,1-3H3,(H,16,20). The predicted molar refractivity (Wildman–Crippen MR) is 79.6 cm³/mol. The normalized spacial score (nSPS) is 10.6. The molecule has 1 amide bonds. The van der Waals surface area contributed by atoms with Gasteiger partial charge in [0.25, 0.3) is 5.91 Å². The highest BCUT2D eigenvalue weighted by atomic mass is 16.1. The summed E-state index contributed by atoms with van der Waals surface area (Å²) in [6.07, 6.45) is 1.72. The lowest BCUT2D eigenvalue weighted by atomic mass is 10.1. The van der Waals surface area contributed by atoms with Gasteiger partial charge in [0.2, 0.25) is 0 Å². The lowest BCUT2D eigenvalue weighted by Crippen LogP contribution is -2.25. The molecule has 1 aromatic heterocycles. The molecule has 0 atom stereocenters. The topological polar surface area (TPSA) is 59.0 Å². The Balaban J connectivity index is 2.07. The monoisotopic (exact) mass is 272 g/mol. The number of aryl methyl sites for hydroxylation is 1. The smallest absolute Gasteiger partial charge is 0.253 e. The van der Waals surface area contributed by atoms with Crippen molar-refractivity contribution in [3.05, 3.63) is 47.8 Å². The van der Waals surface area contributed by atoms with E-state index in [1.54, 1.807) is 10.9 Å². The van der Waals surface area contributed by atoms with Crippen LogP contribution in [0.3, 0.4) is 0 Å². The minimum atomic E-state index is -0.0880. The van der Waals surface area contributed by atoms with E-state index in [1.165, 1.54) is 0 Å². The van der Waals surface area contributed by atoms with Gasteiger partial charge in [0.1, 0.15) is 0 Å². The second-order valence-electron chi connectivity index (χ2n) is 4.97. The molecular formula is C15H20N4O. The van der Waals surface area contributed by atoms with E-state index in [0.717, 1.165) is 11.4 Å². The highest BCUT2D eigenvalue weighted by Gasteiger charge is 2.11. The molecule has 5 nitrogen and oxygen atoms in total. The number of benzene rings is 1. The molecule has 0 radical (unpaired) electrons. The molecule has 0 unspecified atom stereocenters. The molecule has 5 heteroatoms. The van der Waals surface area contributed by atoms with Gasteiger partial charge in [-0.25, -0.2) is 0 Å². The fourth-order valence-corrected chi connectivity index (χ4v) is 1.96. The maximum Gasteiger partial charge on any atom is 0.253 e. The molecule has 0 spiro atoms. The average molecular weight is 272 g/mol. The third kappa shape index (κ3) is 3.38. The molecule has 0 bridgehead atoms. The molecule has 20 heavy (non-hydrogen) atoms. The van der Waals surface area contributed by atoms with Crippen LogP contribution >= 0.6 is 0 Å². The van der Waals surface area contributed by atoms with Crippen LogP contribution in [-0.2, 0) is 13.6 Å². The van der Waals surface area contributed by atoms with E-state index in [-0.39, 0.29) is 11.9 Å². The maximum atomic E-state index is 12.3. The minimum Gasteiger partial charge on any atom is -0.382 e. The Hall–Kier alpha value is -2.30. The Labute approximate surface area is 119 Å². The second kappa shape index (κ2) is 6.23. The fourth-order valence-electron chi connectivity index (χ4n) is 1.96. The zero-order valence-corrected chi connectivity index (χ0v) is 12.1. The number of carbonyl (C=O) groups excluding carboxylic acids is 1. The number of hydrogen-bond acceptors (Lipinski definition) is 3. The van der Waals surface area contributed by atoms with Crippen LogP contribution in [0.4, 0.5) is 5.69 Å². The van der Waals surface area contributed by atoms with Crippen LogP contribution in [0, 0.1) is 0 Å². The van der Waals surface area contributed by atoms with E-state index in [0.29, 0.717) is 12.1 Å². The van der Waals surface area contributed by atoms with E-state index >= 15 is 0 Å². The molecule has 2 aromatic rings. The molecule has 2 N–H and O–H groups in total. The van der Waals surface area contributed by atoms with Crippen molar-refractivity contribution >= 4 is 11.6 Å². The van der Waals surface area contributed by atoms with Crippen molar-refractivity contribution in [2.45, 2.75) is 26.4 Å². The van der Waals surface area contributed by atoms with Gasteiger partial charge in [-0.3, -0.25) is 9.48 Å². The summed E-state index contributed by atoms with van der Waals surface area (Å²) >= 11 is 0. The average Bonchev–Trinajstić information content (AvgIpc) is 2.81. The number of hydrogen-bond donors (Lipinski definition) is 2. The van der Waals surface area contributed by atoms with Gasteiger partial charge in [0.05, 0.1) is 17.8 Å². The summed E-state index contributed by atoms with van der Waals surface area (Å²) in [6, 6.07) is 9.69. The van der Waals surface area contributed by atoms with Crippen molar-refractivity contribution in [1.82, 2.24) is 15.1 Å². The number of amides is 1. The van der Waals surface area contributed by atoms with E-state index in [1.807, 2.05) is 51.2 Å². The SMILES string of the molecule is CC(C)Nc1ccccc1C(=O)NCc1ccnn1C. The number of rotatable bonds is 5. The first-order valence-corrected chi connectivity index (χ1v) is 6.68. The van der Waals surface area contributed by atoms with E-state index in [2.05, 4.69) is 15.7 Å². The van der Waals surface area contributed by atoms with Crippen LogP contribution in [0.15, 0.2) is 36.5 Å². The van der Waals surface area contributed by atoms with Crippen LogP contribution in [0.2, 0.25) is 0 Å². The van der Waals surface area contributed by atoms with Gasteiger partial charge in [0, 0.05) is 25.0 Å². The Bertz CT molecular complexity index is 589. The zero-order chi connectivity index (χ0) is 14.5. The van der Waals surface area contributed by atoms with Gasteiger partial charge in [-0.15, -0.1) is 0 Å². The number of para-hydroxylation sites is 1. The number of carbonyl (C=O) groups is 1. The Morgan fingerprint density at radius 1 is 1.30 bits per heavy atom. The molecule has 0 fully saturated rings. The van der Waals surface area contributed by atoms with Gasteiger partial charge < -0.3 is 10.6 Å². The Kier molecular flexibility index (Phi) is 4.40. The van der Waals surface area contributed by atoms with Crippen molar-refractivity contribution in [3.63, 3.8) is 0 Å². The first kappa shape index (κ1) is 14.1. The highest BCUT2D eigenvalue weighted by molar-refractivity contribution is 5.99. The molecule has 0 aliphatic carbocycles. The second-order valence-corrected chi connectivity index (χ2v) is 4.97. The fraction of sp³-hybridized carbons (Fsp3) is 0.333. The number of anilines is 1. The van der Waals surface area contributed by atoms with E-state index < -0.39 is 0 Å². The van der Waals surface area contributed by atoms with Crippen LogP contribution < -0.4 is 10.6 Å². The Morgan fingerprint density at radius 3 is 2.70 bits per heavy atom. The number of aromatic nitrogens is 2. The Morgan fingerprint density at radius 2 is 2.05 bits per heavy atom. The summed E-state index contributed by atoms with van der Waals surface area (Å²) in [5.41, 5.74) is 2.47. The van der Waals surface area contributed by atoms with Crippen LogP contribution in [-0.4, -0.2) is 21.7 Å². The molecule has 1 aromatic carbocycles. The third-order valence-electron chi connectivity index (χ3n) is 2.97. The molecular weight excluding hydrogens is 252 g/mol. The third-order valence-corrected chi connectivity index (χ3v) is 2.97. The summed E-state index contributed by atoms with van der Waals surface area (Å²) in [5.74, 6) is -0.0880. The highest BCUT2D eigenvalue weighted by Crippen LogP contribution is 2.16. The molecule has 1 heterocycles. The summed E-state index contributed by atoms with van der Waals surface area (Å²) in [4.78, 5) is 12.3. The van der Waals surface area contributed by atoms with Gasteiger partial charge in [0.15, 0.2) is 0 Å². The number of nitrogens with one attached hydrogen (secondary N) is 2. The van der Waals surface area contributed by atoms with Crippen molar-refractivity contribution in [2.24, 2.45) is 7.05 Å². The van der Waals surface area contributed by atoms with Crippen molar-refractivity contribution < 1.29 is 4.79 Å². The lowest BCUT2D eigenvalue weighted by Gasteiger charge is -2.14. The van der Waals surface area contributed by atoms with Crippen LogP contribution in [0.25, 0.3) is 0 Å². The number of nitrogens with zero attached hydrogens (tertiary/aromatic N) is 2. The molecule has 0 saturated heterocycles. The van der Waals surface area contributed by atoms with Crippen molar-refractivity contribution in [2.75, 3.05) is 5.32 Å². The van der Waals surface area contributed by atoms with Crippen LogP contribution in [0.1, 0.15) is 29.9 Å². The maximum absolute atomic E-state index is 12.3. The molecule has 106 valence electrons. The molecule has 0 aliphatic heterocycles. The van der Waals surface area contributed by atoms with Crippen molar-refractivity contribution in [3.8, 4) is 0 Å². The predicted octanol–water partition coefficient (Wildman–Crippen LogP) is 2.17. The summed E-state index contributed by atoms with van der Waals surface area (Å²) in [7, 11) is 1.86. The van der Waals surface area contributed by atoms with E-state index in [9.17, 15) is 4.79 Å². The molecule has 0 aliphatic rings. The minimum absolute atomic E-state index is 0.0880. The largest absolute Gasteiger partial charge is 0.382 e. The first-order valence-electron chi connectivity index (χ1n) is 6.68. The van der Waals surface area contributed by atoms with Gasteiger partial charge in [-0.05, 0) is 32.0 Å². The molecule has 2 rings (SSSR count). The van der Waals surface area contributed by atoms with Crippen molar-refractivity contribution in [1.29, 1.82) is 0 Å². The zero-order valence-electron chi connectivity index (χ0n) is 12.1. The summed E-state index contributed by atoms with van der Waals surface area (Å²) in [5, 5.41) is 10.3. The molecule has 0 saturated carbocycles. The van der Waals surface area contributed by atoms with Gasteiger partial charge >= 0.3 is 0 Å². The van der Waals surface area contributed by atoms with E-state index in [4.69, 9.17) is 0 Å². The summed E-state index contributed by atoms with van der Waals surface area (Å²) in [6.45, 7) is 4.56. The lowest BCUT2D eigenvalue weighted by molar-refractivity contribution is 0.0951. The van der Waals surface area contributed by atoms with Gasteiger partial charge in [-0.2, -0.15) is 5.10 Å². The summed E-state index contributed by atoms with van der Waals surface area (Å²) < 4.78 is 1.75. The van der Waals surface area contributed by atoms with Crippen LogP contribution in [0.5, 0.6) is 0 Å².